The maximum atomic E-state index is 14.5. The quantitative estimate of drug-likeness (QED) is 0.372. The first-order chi connectivity index (χ1) is 16.0. The van der Waals surface area contributed by atoms with Crippen molar-refractivity contribution in [2.75, 3.05) is 4.90 Å². The van der Waals surface area contributed by atoms with Crippen LogP contribution in [0.15, 0.2) is 41.0 Å². The van der Waals surface area contributed by atoms with E-state index in [0.717, 1.165) is 21.5 Å². The van der Waals surface area contributed by atoms with E-state index in [9.17, 15) is 26.7 Å². The number of carbonyl (C=O) groups excluding carboxylic acids is 1. The Morgan fingerprint density at radius 2 is 1.91 bits per heavy atom. The van der Waals surface area contributed by atoms with E-state index in [1.165, 1.54) is 6.26 Å². The Hall–Kier alpha value is -3.83. The molecule has 1 aromatic carbocycles. The largest absolute Gasteiger partial charge is 0.467 e. The van der Waals surface area contributed by atoms with Crippen molar-refractivity contribution in [3.8, 4) is 0 Å². The fourth-order valence-electron chi connectivity index (χ4n) is 3.62. The number of carbonyl (C=O) groups is 1. The number of nitrogens with zero attached hydrogens (tertiary/aromatic N) is 5. The lowest BCUT2D eigenvalue weighted by atomic mass is 10.1. The molecule has 0 unspecified atom stereocenters. The molecule has 0 fully saturated rings. The Morgan fingerprint density at radius 1 is 1.15 bits per heavy atom. The molecule has 7 nitrogen and oxygen atoms in total. The number of benzene rings is 1. The van der Waals surface area contributed by atoms with Gasteiger partial charge in [-0.1, -0.05) is 0 Å². The molecule has 0 aliphatic rings. The lowest BCUT2D eigenvalue weighted by Crippen LogP contribution is -2.31. The molecule has 0 atom stereocenters. The van der Waals surface area contributed by atoms with Gasteiger partial charge in [0.25, 0.3) is 11.6 Å². The van der Waals surface area contributed by atoms with Gasteiger partial charge in [0.1, 0.15) is 17.4 Å². The van der Waals surface area contributed by atoms with Crippen molar-refractivity contribution in [1.82, 2.24) is 19.6 Å². The molecule has 0 saturated heterocycles. The highest BCUT2D eigenvalue weighted by Gasteiger charge is 2.37. The predicted molar refractivity (Wildman–Crippen MR) is 110 cm³/mol. The summed E-state index contributed by atoms with van der Waals surface area (Å²) in [6, 6.07) is 6.09. The summed E-state index contributed by atoms with van der Waals surface area (Å²) in [5, 5.41) is 3.49. The molecule has 3 aromatic heterocycles. The topological polar surface area (TPSA) is 76.5 Å². The molecule has 0 bridgehead atoms. The summed E-state index contributed by atoms with van der Waals surface area (Å²) in [5.74, 6) is -3.34. The number of fused-ring (bicyclic) bond motifs is 1. The number of anilines is 1. The number of aromatic nitrogens is 4. The van der Waals surface area contributed by atoms with E-state index in [0.29, 0.717) is 28.8 Å². The molecule has 3 heterocycles. The SMILES string of the molecule is Cc1nc2nc(C(F)(F)F)nn2c(C)c1CCC(=O)N(Cc1ccco1)c1ccc(F)cc1F. The summed E-state index contributed by atoms with van der Waals surface area (Å²) in [6.07, 6.45) is -3.36. The third-order valence-electron chi connectivity index (χ3n) is 5.29. The van der Waals surface area contributed by atoms with Crippen molar-refractivity contribution in [3.05, 3.63) is 76.8 Å². The van der Waals surface area contributed by atoms with Crippen molar-refractivity contribution in [3.63, 3.8) is 0 Å². The predicted octanol–water partition coefficient (Wildman–Crippen LogP) is 4.80. The van der Waals surface area contributed by atoms with Gasteiger partial charge in [-0.15, -0.1) is 5.10 Å². The van der Waals surface area contributed by atoms with E-state index in [4.69, 9.17) is 4.42 Å². The number of rotatable bonds is 6. The second-order valence-electron chi connectivity index (χ2n) is 7.56. The van der Waals surface area contributed by atoms with Crippen LogP contribution < -0.4 is 4.90 Å². The molecule has 0 N–H and O–H groups in total. The minimum atomic E-state index is -4.73. The molecular weight excluding hydrogens is 461 g/mol. The van der Waals surface area contributed by atoms with Gasteiger partial charge in [0.2, 0.25) is 5.91 Å². The van der Waals surface area contributed by atoms with Crippen LogP contribution in [0.1, 0.15) is 35.0 Å². The van der Waals surface area contributed by atoms with Gasteiger partial charge in [0.15, 0.2) is 0 Å². The molecule has 0 saturated carbocycles. The molecule has 4 aromatic rings. The van der Waals surface area contributed by atoms with E-state index >= 15 is 0 Å². The Morgan fingerprint density at radius 3 is 2.56 bits per heavy atom. The number of alkyl halides is 3. The third kappa shape index (κ3) is 4.61. The van der Waals surface area contributed by atoms with Crippen molar-refractivity contribution in [2.24, 2.45) is 0 Å². The monoisotopic (exact) mass is 479 g/mol. The molecule has 12 heteroatoms. The number of hydrogen-bond acceptors (Lipinski definition) is 5. The first kappa shape index (κ1) is 23.3. The summed E-state index contributed by atoms with van der Waals surface area (Å²) in [6.45, 7) is 3.05. The third-order valence-corrected chi connectivity index (χ3v) is 5.29. The number of amides is 1. The van der Waals surface area contributed by atoms with Crippen molar-refractivity contribution in [2.45, 2.75) is 39.4 Å². The zero-order chi connectivity index (χ0) is 24.6. The zero-order valence-corrected chi connectivity index (χ0v) is 18.0. The number of furan rings is 1. The first-order valence-electron chi connectivity index (χ1n) is 10.1. The van der Waals surface area contributed by atoms with Crippen LogP contribution >= 0.6 is 0 Å². The van der Waals surface area contributed by atoms with Crippen LogP contribution in [0.5, 0.6) is 0 Å². The maximum Gasteiger partial charge on any atom is 0.453 e. The second-order valence-corrected chi connectivity index (χ2v) is 7.56. The second kappa shape index (κ2) is 8.84. The zero-order valence-electron chi connectivity index (χ0n) is 18.0. The summed E-state index contributed by atoms with van der Waals surface area (Å²) < 4.78 is 73.1. The summed E-state index contributed by atoms with van der Waals surface area (Å²) in [5.41, 5.74) is 1.13. The van der Waals surface area contributed by atoms with Gasteiger partial charge in [-0.3, -0.25) is 4.79 Å². The van der Waals surface area contributed by atoms with E-state index in [2.05, 4.69) is 15.1 Å². The van der Waals surface area contributed by atoms with Gasteiger partial charge < -0.3 is 9.32 Å². The summed E-state index contributed by atoms with van der Waals surface area (Å²) >= 11 is 0. The Labute approximate surface area is 189 Å². The first-order valence-corrected chi connectivity index (χ1v) is 10.1. The lowest BCUT2D eigenvalue weighted by Gasteiger charge is -2.23. The number of halogens is 5. The van der Waals surface area contributed by atoms with Crippen LogP contribution in [0.25, 0.3) is 5.78 Å². The fourth-order valence-corrected chi connectivity index (χ4v) is 3.62. The van der Waals surface area contributed by atoms with Crippen LogP contribution in [0, 0.1) is 25.5 Å². The highest BCUT2D eigenvalue weighted by Crippen LogP contribution is 2.28. The molecule has 0 spiro atoms. The average Bonchev–Trinajstić information content (AvgIpc) is 3.42. The smallest absolute Gasteiger partial charge is 0.453 e. The Bertz CT molecular complexity index is 1350. The minimum absolute atomic E-state index is 0.0954. The molecule has 34 heavy (non-hydrogen) atoms. The molecule has 178 valence electrons. The van der Waals surface area contributed by atoms with Gasteiger partial charge in [-0.25, -0.2) is 18.3 Å². The van der Waals surface area contributed by atoms with Crippen molar-refractivity contribution >= 4 is 17.4 Å². The normalized spacial score (nSPS) is 11.9. The van der Waals surface area contributed by atoms with Crippen LogP contribution in [0.3, 0.4) is 0 Å². The average molecular weight is 479 g/mol. The Kier molecular flexibility index (Phi) is 6.07. The standard InChI is InChI=1S/C22H18F5N5O2/c1-12-16(13(2)32-21(28-12)29-20(30-32)22(25,26)27)6-8-19(33)31(11-15-4-3-9-34-15)18-7-5-14(23)10-17(18)24/h3-5,7,9-10H,6,8,11H2,1-2H3. The van der Waals surface area contributed by atoms with Crippen LogP contribution in [-0.4, -0.2) is 25.5 Å². The summed E-state index contributed by atoms with van der Waals surface area (Å²) in [7, 11) is 0. The van der Waals surface area contributed by atoms with Crippen LogP contribution in [0.4, 0.5) is 27.6 Å². The van der Waals surface area contributed by atoms with Crippen molar-refractivity contribution < 1.29 is 31.2 Å². The van der Waals surface area contributed by atoms with E-state index in [-0.39, 0.29) is 30.9 Å². The highest BCUT2D eigenvalue weighted by atomic mass is 19.4. The van der Waals surface area contributed by atoms with E-state index in [1.54, 1.807) is 26.0 Å². The number of hydrogen-bond donors (Lipinski definition) is 0. The van der Waals surface area contributed by atoms with Gasteiger partial charge in [0.05, 0.1) is 18.5 Å². The van der Waals surface area contributed by atoms with Gasteiger partial charge in [-0.05, 0) is 50.1 Å². The molecule has 0 aliphatic carbocycles. The molecule has 0 radical (unpaired) electrons. The highest BCUT2D eigenvalue weighted by molar-refractivity contribution is 5.93. The summed E-state index contributed by atoms with van der Waals surface area (Å²) in [4.78, 5) is 21.8. The fraction of sp³-hybridized carbons (Fsp3) is 0.273. The van der Waals surface area contributed by atoms with Crippen LogP contribution in [-0.2, 0) is 23.9 Å². The Balaban J connectivity index is 1.62. The van der Waals surface area contributed by atoms with E-state index in [1.807, 2.05) is 0 Å². The molecular formula is C22H18F5N5O2. The number of aryl methyl sites for hydroxylation is 2. The lowest BCUT2D eigenvalue weighted by molar-refractivity contribution is -0.144. The molecule has 0 aliphatic heterocycles. The van der Waals surface area contributed by atoms with Crippen molar-refractivity contribution in [1.29, 1.82) is 0 Å². The van der Waals surface area contributed by atoms with E-state index < -0.39 is 29.5 Å². The maximum absolute atomic E-state index is 14.5. The van der Waals surface area contributed by atoms with Gasteiger partial charge in [0, 0.05) is 23.9 Å². The van der Waals surface area contributed by atoms with Gasteiger partial charge in [-0.2, -0.15) is 18.2 Å². The van der Waals surface area contributed by atoms with Crippen LogP contribution in [0.2, 0.25) is 0 Å². The molecule has 4 rings (SSSR count). The van der Waals surface area contributed by atoms with Gasteiger partial charge >= 0.3 is 6.18 Å². The molecule has 1 amide bonds. The minimum Gasteiger partial charge on any atom is -0.467 e.